The maximum atomic E-state index is 13.5. The number of benzene rings is 2. The molecule has 2 rings (SSSR count). The summed E-state index contributed by atoms with van der Waals surface area (Å²) in [5, 5.41) is 0. The highest BCUT2D eigenvalue weighted by Gasteiger charge is 2.52. The Labute approximate surface area is 196 Å². The summed E-state index contributed by atoms with van der Waals surface area (Å²) in [7, 11) is -3.73. The van der Waals surface area contributed by atoms with E-state index in [1.165, 1.54) is 0 Å². The summed E-state index contributed by atoms with van der Waals surface area (Å²) >= 11 is 13.8. The Morgan fingerprint density at radius 1 is 0.704 bits per heavy atom. The van der Waals surface area contributed by atoms with Crippen molar-refractivity contribution in [2.24, 2.45) is 0 Å². The Morgan fingerprint density at radius 3 is 1.37 bits per heavy atom. The van der Waals surface area contributed by atoms with Crippen LogP contribution in [-0.4, -0.2) is 13.5 Å². The molecule has 0 fully saturated rings. The number of hydrogen-bond acceptors (Lipinski definition) is 2. The number of hydrogen-bond donors (Lipinski definition) is 0. The zero-order valence-electron chi connectivity index (χ0n) is 15.6. The van der Waals surface area contributed by atoms with E-state index in [0.29, 0.717) is 12.8 Å². The molecule has 0 spiro atoms. The summed E-state index contributed by atoms with van der Waals surface area (Å²) in [6.45, 7) is 7.98. The van der Waals surface area contributed by atoms with Crippen LogP contribution < -0.4 is 0 Å². The van der Waals surface area contributed by atoms with Gasteiger partial charge < -0.3 is 0 Å². The van der Waals surface area contributed by atoms with E-state index in [1.807, 2.05) is 64.1 Å². The highest BCUT2D eigenvalue weighted by atomic mass is 79.9. The molecule has 7 heteroatoms. The van der Waals surface area contributed by atoms with Gasteiger partial charge in [0.15, 0.2) is 5.13 Å². The van der Waals surface area contributed by atoms with Crippen molar-refractivity contribution in [3.8, 4) is 0 Å². The van der Waals surface area contributed by atoms with Gasteiger partial charge >= 0.3 is 0 Å². The molecule has 27 heavy (non-hydrogen) atoms. The lowest BCUT2D eigenvalue weighted by molar-refractivity contribution is 0.585. The Kier molecular flexibility index (Phi) is 7.50. The van der Waals surface area contributed by atoms with E-state index in [9.17, 15) is 8.42 Å². The molecule has 2 aromatic rings. The molecule has 148 valence electrons. The molecule has 0 aromatic heterocycles. The summed E-state index contributed by atoms with van der Waals surface area (Å²) in [6.07, 6.45) is 0.600. The van der Waals surface area contributed by atoms with Crippen LogP contribution in [0.1, 0.15) is 33.4 Å². The van der Waals surface area contributed by atoms with Crippen molar-refractivity contribution in [3.63, 3.8) is 0 Å². The van der Waals surface area contributed by atoms with Gasteiger partial charge in [-0.25, -0.2) is 8.42 Å². The van der Waals surface area contributed by atoms with Gasteiger partial charge in [0.25, 0.3) is 0 Å². The molecule has 2 aromatic carbocycles. The molecule has 0 radical (unpaired) electrons. The number of aryl methyl sites for hydroxylation is 4. The lowest BCUT2D eigenvalue weighted by atomic mass is 10.0. The normalized spacial score (nSPS) is 13.0. The van der Waals surface area contributed by atoms with Crippen LogP contribution in [-0.2, 0) is 22.7 Å². The third kappa shape index (κ3) is 5.27. The van der Waals surface area contributed by atoms with Crippen molar-refractivity contribution in [3.05, 3.63) is 69.8 Å². The molecule has 0 unspecified atom stereocenters. The summed E-state index contributed by atoms with van der Waals surface area (Å²) in [6, 6.07) is 12.1. The molecule has 0 heterocycles. The number of halogens is 4. The van der Waals surface area contributed by atoms with Crippen LogP contribution in [0, 0.1) is 27.7 Å². The van der Waals surface area contributed by atoms with Crippen LogP contribution in [0.25, 0.3) is 0 Å². The lowest BCUT2D eigenvalue weighted by Crippen LogP contribution is -2.41. The average Bonchev–Trinajstić information content (AvgIpc) is 2.53. The number of alkyl halides is 4. The molecule has 0 aliphatic rings. The first-order chi connectivity index (χ1) is 12.3. The van der Waals surface area contributed by atoms with E-state index in [0.717, 1.165) is 33.4 Å². The van der Waals surface area contributed by atoms with Crippen molar-refractivity contribution < 1.29 is 8.42 Å². The van der Waals surface area contributed by atoms with E-state index in [1.54, 1.807) is 0 Å². The van der Waals surface area contributed by atoms with Gasteiger partial charge in [-0.15, -0.1) is 0 Å². The standard InChI is InChI=1S/C20H22Br4O2S/c1-13-5-7-15(3)17(9-13)11-19(21,22)27(25,26)20(23,24)12-18-10-14(2)6-8-16(18)4/h5-10H,11-12H2,1-4H3. The molecule has 0 atom stereocenters. The summed E-state index contributed by atoms with van der Waals surface area (Å²) < 4.78 is 24.4. The summed E-state index contributed by atoms with van der Waals surface area (Å²) in [4.78, 5) is 0. The maximum absolute atomic E-state index is 13.5. The minimum absolute atomic E-state index is 0.300. The van der Waals surface area contributed by atoms with Crippen molar-refractivity contribution in [1.29, 1.82) is 0 Å². The van der Waals surface area contributed by atoms with E-state index >= 15 is 0 Å². The molecule has 0 aliphatic heterocycles. The predicted octanol–water partition coefficient (Wildman–Crippen LogP) is 7.01. The van der Waals surface area contributed by atoms with E-state index < -0.39 is 15.0 Å². The van der Waals surface area contributed by atoms with Gasteiger partial charge in [-0.1, -0.05) is 111 Å². The second kappa shape index (κ2) is 8.58. The topological polar surface area (TPSA) is 34.1 Å². The summed E-state index contributed by atoms with van der Waals surface area (Å²) in [5.41, 5.74) is 6.28. The Balaban J connectivity index is 2.38. The minimum Gasteiger partial charge on any atom is -0.224 e. The van der Waals surface area contributed by atoms with E-state index in [4.69, 9.17) is 0 Å². The fourth-order valence-electron chi connectivity index (χ4n) is 2.83. The average molecular weight is 646 g/mol. The van der Waals surface area contributed by atoms with Crippen LogP contribution in [0.5, 0.6) is 0 Å². The maximum Gasteiger partial charge on any atom is 0.202 e. The fourth-order valence-corrected chi connectivity index (χ4v) is 11.1. The van der Waals surface area contributed by atoms with Crippen molar-refractivity contribution in [2.45, 2.75) is 45.7 Å². The van der Waals surface area contributed by atoms with Gasteiger partial charge in [-0.05, 0) is 49.9 Å². The smallest absolute Gasteiger partial charge is 0.202 e. The largest absolute Gasteiger partial charge is 0.224 e. The van der Waals surface area contributed by atoms with E-state index in [2.05, 4.69) is 63.7 Å². The van der Waals surface area contributed by atoms with Gasteiger partial charge in [-0.3, -0.25) is 0 Å². The highest BCUT2D eigenvalue weighted by molar-refractivity contribution is 9.31. The molecule has 0 N–H and O–H groups in total. The first-order valence-corrected chi connectivity index (χ1v) is 13.0. The first-order valence-electron chi connectivity index (χ1n) is 8.39. The van der Waals surface area contributed by atoms with Crippen LogP contribution in [0.4, 0.5) is 0 Å². The molecular formula is C20H22Br4O2S. The van der Waals surface area contributed by atoms with Gasteiger partial charge in [-0.2, -0.15) is 0 Å². The van der Waals surface area contributed by atoms with Crippen LogP contribution in [0.3, 0.4) is 0 Å². The fraction of sp³-hybridized carbons (Fsp3) is 0.400. The van der Waals surface area contributed by atoms with Gasteiger partial charge in [0.1, 0.15) is 0 Å². The number of rotatable bonds is 6. The molecular weight excluding hydrogens is 624 g/mol. The SMILES string of the molecule is Cc1ccc(C)c(CC(Br)(Br)S(=O)(=O)C(Br)(Br)Cc2cc(C)ccc2C)c1. The second-order valence-corrected chi connectivity index (χ2v) is 19.0. The van der Waals surface area contributed by atoms with E-state index in [-0.39, 0.29) is 0 Å². The summed E-state index contributed by atoms with van der Waals surface area (Å²) in [5.74, 6) is 0. The van der Waals surface area contributed by atoms with Crippen LogP contribution >= 0.6 is 63.7 Å². The highest BCUT2D eigenvalue weighted by Crippen LogP contribution is 2.50. The predicted molar refractivity (Wildman–Crippen MR) is 129 cm³/mol. The third-order valence-electron chi connectivity index (χ3n) is 4.59. The second-order valence-electron chi connectivity index (χ2n) is 6.99. The van der Waals surface area contributed by atoms with Gasteiger partial charge in [0.2, 0.25) is 9.84 Å². The van der Waals surface area contributed by atoms with Crippen LogP contribution in [0.2, 0.25) is 0 Å². The number of sulfone groups is 1. The quantitative estimate of drug-likeness (QED) is 0.317. The van der Waals surface area contributed by atoms with Crippen LogP contribution in [0.15, 0.2) is 36.4 Å². The Morgan fingerprint density at radius 2 is 1.04 bits per heavy atom. The monoisotopic (exact) mass is 642 g/mol. The molecule has 0 aliphatic carbocycles. The van der Waals surface area contributed by atoms with Gasteiger partial charge in [0, 0.05) is 12.8 Å². The Bertz CT molecular complexity index is 879. The zero-order valence-corrected chi connectivity index (χ0v) is 22.8. The molecule has 0 bridgehead atoms. The van der Waals surface area contributed by atoms with Crippen molar-refractivity contribution in [2.75, 3.05) is 0 Å². The Hall–Kier alpha value is 0.310. The molecule has 0 saturated heterocycles. The minimum atomic E-state index is -3.73. The van der Waals surface area contributed by atoms with Crippen molar-refractivity contribution >= 4 is 73.6 Å². The molecule has 0 amide bonds. The third-order valence-corrected chi connectivity index (χ3v) is 12.7. The van der Waals surface area contributed by atoms with Gasteiger partial charge in [0.05, 0.1) is 0 Å². The molecule has 0 saturated carbocycles. The molecule has 2 nitrogen and oxygen atoms in total. The van der Waals surface area contributed by atoms with Crippen molar-refractivity contribution in [1.82, 2.24) is 0 Å². The zero-order chi connectivity index (χ0) is 20.6. The first kappa shape index (κ1) is 23.6. The lowest BCUT2D eigenvalue weighted by Gasteiger charge is -2.31.